The topological polar surface area (TPSA) is 89.8 Å². The molecule has 2 rings (SSSR count). The molecule has 1 amide bonds. The first kappa shape index (κ1) is 15.7. The van der Waals surface area contributed by atoms with Crippen molar-refractivity contribution in [2.45, 2.75) is 19.4 Å². The summed E-state index contributed by atoms with van der Waals surface area (Å²) < 4.78 is 10.9. The molecule has 0 saturated carbocycles. The molecule has 0 aliphatic carbocycles. The summed E-state index contributed by atoms with van der Waals surface area (Å²) in [6, 6.07) is 4.38. The number of carbonyl (C=O) groups excluding carboxylic acids is 2. The van der Waals surface area contributed by atoms with Gasteiger partial charge in [-0.15, -0.1) is 0 Å². The predicted molar refractivity (Wildman–Crippen MR) is 79.0 cm³/mol. The molecule has 22 heavy (non-hydrogen) atoms. The van der Waals surface area contributed by atoms with Crippen molar-refractivity contribution in [3.05, 3.63) is 30.0 Å². The van der Waals surface area contributed by atoms with Crippen molar-refractivity contribution in [1.29, 1.82) is 0 Å². The Kier molecular flexibility index (Phi) is 4.55. The molecular formula is C15H18N2O5. The van der Waals surface area contributed by atoms with Crippen LogP contribution in [0.1, 0.15) is 12.5 Å². The second-order valence-electron chi connectivity index (χ2n) is 4.86. The molecular weight excluding hydrogens is 288 g/mol. The van der Waals surface area contributed by atoms with Crippen molar-refractivity contribution in [3.63, 3.8) is 0 Å². The van der Waals surface area contributed by atoms with Crippen LogP contribution in [0.5, 0.6) is 5.75 Å². The van der Waals surface area contributed by atoms with Gasteiger partial charge in [-0.3, -0.25) is 4.79 Å². The number of ether oxygens (including phenoxy) is 2. The third-order valence-electron chi connectivity index (χ3n) is 3.36. The number of fused-ring (bicyclic) bond motifs is 1. The number of nitrogens with zero attached hydrogens (tertiary/aromatic N) is 1. The third kappa shape index (κ3) is 3.13. The van der Waals surface area contributed by atoms with Gasteiger partial charge in [0.05, 0.1) is 19.7 Å². The Morgan fingerprint density at radius 2 is 2.09 bits per heavy atom. The SMILES string of the molecule is COC(=O)C(Cc1cn(O)c2ccc(OC)cc12)NC(C)=O. The van der Waals surface area contributed by atoms with Crippen LogP contribution in [0.15, 0.2) is 24.4 Å². The highest BCUT2D eigenvalue weighted by molar-refractivity contribution is 5.87. The normalized spacial score (nSPS) is 12.0. The molecule has 7 heteroatoms. The zero-order chi connectivity index (χ0) is 16.3. The Morgan fingerprint density at radius 1 is 1.36 bits per heavy atom. The van der Waals surface area contributed by atoms with Gasteiger partial charge in [0, 0.05) is 24.9 Å². The highest BCUT2D eigenvalue weighted by atomic mass is 16.5. The van der Waals surface area contributed by atoms with E-state index in [4.69, 9.17) is 9.47 Å². The molecule has 0 spiro atoms. The molecule has 0 radical (unpaired) electrons. The minimum atomic E-state index is -0.820. The van der Waals surface area contributed by atoms with E-state index in [1.165, 1.54) is 20.2 Å². The standard InChI is InChI=1S/C15H18N2O5/c1-9(18)16-13(15(19)22-3)6-10-8-17(20)14-5-4-11(21-2)7-12(10)14/h4-5,7-8,13,20H,6H2,1-3H3,(H,16,18). The third-order valence-corrected chi connectivity index (χ3v) is 3.36. The lowest BCUT2D eigenvalue weighted by atomic mass is 10.0. The van der Waals surface area contributed by atoms with E-state index in [-0.39, 0.29) is 12.3 Å². The zero-order valence-electron chi connectivity index (χ0n) is 12.6. The van der Waals surface area contributed by atoms with Gasteiger partial charge in [0.15, 0.2) is 0 Å². The summed E-state index contributed by atoms with van der Waals surface area (Å²) in [5.41, 5.74) is 1.28. The first-order valence-corrected chi connectivity index (χ1v) is 6.68. The van der Waals surface area contributed by atoms with Crippen LogP contribution in [-0.2, 0) is 20.7 Å². The van der Waals surface area contributed by atoms with Gasteiger partial charge >= 0.3 is 5.97 Å². The number of carbonyl (C=O) groups is 2. The van der Waals surface area contributed by atoms with Crippen LogP contribution >= 0.6 is 0 Å². The van der Waals surface area contributed by atoms with Crippen molar-refractivity contribution in [3.8, 4) is 5.75 Å². The van der Waals surface area contributed by atoms with Gasteiger partial charge in [0.2, 0.25) is 5.91 Å². The molecule has 0 fully saturated rings. The number of rotatable bonds is 5. The second-order valence-corrected chi connectivity index (χ2v) is 4.86. The molecule has 0 bridgehead atoms. The summed E-state index contributed by atoms with van der Waals surface area (Å²) in [4.78, 5) is 23.0. The van der Waals surface area contributed by atoms with Crippen molar-refractivity contribution in [2.75, 3.05) is 14.2 Å². The number of methoxy groups -OCH3 is 2. The number of aromatic nitrogens is 1. The van der Waals surface area contributed by atoms with Crippen molar-refractivity contribution in [1.82, 2.24) is 10.0 Å². The highest BCUT2D eigenvalue weighted by Crippen LogP contribution is 2.26. The molecule has 2 aromatic rings. The van der Waals surface area contributed by atoms with E-state index in [0.29, 0.717) is 16.8 Å². The quantitative estimate of drug-likeness (QED) is 0.638. The van der Waals surface area contributed by atoms with Gasteiger partial charge in [0.25, 0.3) is 0 Å². The van der Waals surface area contributed by atoms with Gasteiger partial charge in [0.1, 0.15) is 11.8 Å². The van der Waals surface area contributed by atoms with E-state index in [0.717, 1.165) is 10.1 Å². The molecule has 118 valence electrons. The first-order valence-electron chi connectivity index (χ1n) is 6.68. The Bertz CT molecular complexity index is 707. The molecule has 0 aliphatic rings. The van der Waals surface area contributed by atoms with E-state index in [1.54, 1.807) is 25.3 Å². The predicted octanol–water partition coefficient (Wildman–Crippen LogP) is 1.11. The number of hydrogen-bond donors (Lipinski definition) is 2. The smallest absolute Gasteiger partial charge is 0.328 e. The van der Waals surface area contributed by atoms with Gasteiger partial charge < -0.3 is 20.0 Å². The Balaban J connectivity index is 2.39. The van der Waals surface area contributed by atoms with Gasteiger partial charge in [-0.05, 0) is 23.8 Å². The minimum absolute atomic E-state index is 0.198. The molecule has 2 N–H and O–H groups in total. The second kappa shape index (κ2) is 6.38. The summed E-state index contributed by atoms with van der Waals surface area (Å²) in [5.74, 6) is -0.244. The van der Waals surface area contributed by atoms with Crippen LogP contribution < -0.4 is 10.1 Å². The molecule has 1 atom stereocenters. The Hall–Kier alpha value is -2.70. The van der Waals surface area contributed by atoms with Crippen molar-refractivity contribution < 1.29 is 24.3 Å². The summed E-state index contributed by atoms with van der Waals surface area (Å²) in [6.07, 6.45) is 1.70. The van der Waals surface area contributed by atoms with Crippen molar-refractivity contribution in [2.24, 2.45) is 0 Å². The largest absolute Gasteiger partial charge is 0.497 e. The van der Waals surface area contributed by atoms with E-state index in [9.17, 15) is 14.8 Å². The average Bonchev–Trinajstić information content (AvgIpc) is 2.81. The molecule has 7 nitrogen and oxygen atoms in total. The molecule has 1 heterocycles. The fourth-order valence-corrected chi connectivity index (χ4v) is 2.35. The molecule has 1 aromatic heterocycles. The Labute approximate surface area is 127 Å². The zero-order valence-corrected chi connectivity index (χ0v) is 12.6. The summed E-state index contributed by atoms with van der Waals surface area (Å²) >= 11 is 0. The van der Waals surface area contributed by atoms with Crippen LogP contribution in [-0.4, -0.2) is 42.1 Å². The summed E-state index contributed by atoms with van der Waals surface area (Å²) in [6.45, 7) is 1.33. The average molecular weight is 306 g/mol. The lowest BCUT2D eigenvalue weighted by molar-refractivity contribution is -0.144. The highest BCUT2D eigenvalue weighted by Gasteiger charge is 2.23. The number of hydrogen-bond acceptors (Lipinski definition) is 5. The first-order chi connectivity index (χ1) is 10.5. The van der Waals surface area contributed by atoms with Crippen molar-refractivity contribution >= 4 is 22.8 Å². The fraction of sp³-hybridized carbons (Fsp3) is 0.333. The van der Waals surface area contributed by atoms with Crippen LogP contribution in [0.3, 0.4) is 0 Å². The maximum absolute atomic E-state index is 11.8. The maximum atomic E-state index is 11.8. The van der Waals surface area contributed by atoms with E-state index in [1.807, 2.05) is 0 Å². The number of nitrogens with one attached hydrogen (secondary N) is 1. The minimum Gasteiger partial charge on any atom is -0.497 e. The molecule has 0 aliphatic heterocycles. The maximum Gasteiger partial charge on any atom is 0.328 e. The van der Waals surface area contributed by atoms with E-state index < -0.39 is 12.0 Å². The summed E-state index contributed by atoms with van der Waals surface area (Å²) in [5, 5.41) is 13.2. The molecule has 0 saturated heterocycles. The van der Waals surface area contributed by atoms with E-state index in [2.05, 4.69) is 5.32 Å². The lowest BCUT2D eigenvalue weighted by Crippen LogP contribution is -2.41. The Morgan fingerprint density at radius 3 is 2.68 bits per heavy atom. The van der Waals surface area contributed by atoms with Gasteiger partial charge in [-0.2, -0.15) is 4.73 Å². The van der Waals surface area contributed by atoms with Crippen LogP contribution in [0, 0.1) is 0 Å². The molecule has 1 unspecified atom stereocenters. The monoisotopic (exact) mass is 306 g/mol. The van der Waals surface area contributed by atoms with Crippen LogP contribution in [0.2, 0.25) is 0 Å². The fourth-order valence-electron chi connectivity index (χ4n) is 2.35. The van der Waals surface area contributed by atoms with Gasteiger partial charge in [-0.25, -0.2) is 4.79 Å². The number of esters is 1. The van der Waals surface area contributed by atoms with Crippen LogP contribution in [0.25, 0.3) is 10.9 Å². The lowest BCUT2D eigenvalue weighted by Gasteiger charge is -2.14. The number of amides is 1. The molecule has 1 aromatic carbocycles. The summed E-state index contributed by atoms with van der Waals surface area (Å²) in [7, 11) is 2.81. The van der Waals surface area contributed by atoms with E-state index >= 15 is 0 Å². The number of benzene rings is 1. The van der Waals surface area contributed by atoms with Crippen LogP contribution in [0.4, 0.5) is 0 Å². The van der Waals surface area contributed by atoms with Gasteiger partial charge in [-0.1, -0.05) is 0 Å².